The van der Waals surface area contributed by atoms with E-state index in [2.05, 4.69) is 4.98 Å². The maximum absolute atomic E-state index is 11.0. The van der Waals surface area contributed by atoms with Gasteiger partial charge in [0.2, 0.25) is 0 Å². The van der Waals surface area contributed by atoms with Crippen molar-refractivity contribution in [1.29, 1.82) is 0 Å². The van der Waals surface area contributed by atoms with Crippen molar-refractivity contribution in [2.24, 2.45) is 7.05 Å². The minimum atomic E-state index is -0.909. The zero-order valence-electron chi connectivity index (χ0n) is 8.97. The molecule has 4 nitrogen and oxygen atoms in total. The summed E-state index contributed by atoms with van der Waals surface area (Å²) >= 11 is 0. The van der Waals surface area contributed by atoms with Crippen molar-refractivity contribution >= 4 is 17.0 Å². The molecule has 2 aromatic rings. The Bertz CT molecular complexity index is 582. The van der Waals surface area contributed by atoms with Gasteiger partial charge in [0.25, 0.3) is 0 Å². The van der Waals surface area contributed by atoms with Gasteiger partial charge in [-0.15, -0.1) is 0 Å². The molecule has 0 amide bonds. The highest BCUT2D eigenvalue weighted by Gasteiger charge is 2.25. The average molecular weight is 216 g/mol. The summed E-state index contributed by atoms with van der Waals surface area (Å²) in [5, 5.41) is 9.90. The highest BCUT2D eigenvalue weighted by Crippen LogP contribution is 2.39. The van der Waals surface area contributed by atoms with Crippen molar-refractivity contribution in [2.45, 2.75) is 18.8 Å². The van der Waals surface area contributed by atoms with Crippen LogP contribution in [0.5, 0.6) is 0 Å². The first-order valence-electron chi connectivity index (χ1n) is 5.36. The SMILES string of the molecule is Cn1c(C(=O)O)cc2ccc(C3CC3)nc21. The van der Waals surface area contributed by atoms with Crippen LogP contribution in [0.15, 0.2) is 18.2 Å². The fourth-order valence-electron chi connectivity index (χ4n) is 2.02. The number of aryl methyl sites for hydroxylation is 1. The van der Waals surface area contributed by atoms with Crippen molar-refractivity contribution < 1.29 is 9.90 Å². The van der Waals surface area contributed by atoms with Crippen molar-refractivity contribution in [1.82, 2.24) is 9.55 Å². The van der Waals surface area contributed by atoms with E-state index >= 15 is 0 Å². The third kappa shape index (κ3) is 1.30. The van der Waals surface area contributed by atoms with Gasteiger partial charge in [0, 0.05) is 24.0 Å². The molecule has 1 aliphatic rings. The first-order chi connectivity index (χ1) is 7.66. The summed E-state index contributed by atoms with van der Waals surface area (Å²) in [6.45, 7) is 0. The van der Waals surface area contributed by atoms with Gasteiger partial charge in [0.15, 0.2) is 0 Å². The molecule has 1 saturated carbocycles. The minimum absolute atomic E-state index is 0.287. The number of carbonyl (C=O) groups is 1. The second kappa shape index (κ2) is 3.07. The van der Waals surface area contributed by atoms with Crippen LogP contribution in [0.1, 0.15) is 34.9 Å². The van der Waals surface area contributed by atoms with Crippen LogP contribution in [0.25, 0.3) is 11.0 Å². The molecule has 4 heteroatoms. The monoisotopic (exact) mass is 216 g/mol. The Labute approximate surface area is 92.5 Å². The van der Waals surface area contributed by atoms with Gasteiger partial charge in [-0.25, -0.2) is 9.78 Å². The van der Waals surface area contributed by atoms with Gasteiger partial charge in [0.1, 0.15) is 11.3 Å². The second-order valence-electron chi connectivity index (χ2n) is 4.32. The van der Waals surface area contributed by atoms with Crippen molar-refractivity contribution in [2.75, 3.05) is 0 Å². The van der Waals surface area contributed by atoms with Gasteiger partial charge in [-0.2, -0.15) is 0 Å². The first-order valence-corrected chi connectivity index (χ1v) is 5.36. The minimum Gasteiger partial charge on any atom is -0.477 e. The number of carboxylic acids is 1. The molecule has 2 aromatic heterocycles. The number of hydrogen-bond donors (Lipinski definition) is 1. The van der Waals surface area contributed by atoms with Gasteiger partial charge >= 0.3 is 5.97 Å². The molecule has 1 N–H and O–H groups in total. The van der Waals surface area contributed by atoms with Crippen LogP contribution in [0.4, 0.5) is 0 Å². The maximum Gasteiger partial charge on any atom is 0.352 e. The van der Waals surface area contributed by atoms with Crippen molar-refractivity contribution in [3.63, 3.8) is 0 Å². The fraction of sp³-hybridized carbons (Fsp3) is 0.333. The summed E-state index contributed by atoms with van der Waals surface area (Å²) in [4.78, 5) is 15.5. The standard InChI is InChI=1S/C12H12N2O2/c1-14-10(12(15)16)6-8-4-5-9(7-2-3-7)13-11(8)14/h4-7H,2-3H2,1H3,(H,15,16). The van der Waals surface area contributed by atoms with Crippen molar-refractivity contribution in [3.8, 4) is 0 Å². The largest absolute Gasteiger partial charge is 0.477 e. The molecular weight excluding hydrogens is 204 g/mol. The van der Waals surface area contributed by atoms with Gasteiger partial charge in [-0.3, -0.25) is 0 Å². The fourth-order valence-corrected chi connectivity index (χ4v) is 2.02. The van der Waals surface area contributed by atoms with Crippen LogP contribution >= 0.6 is 0 Å². The molecule has 0 unspecified atom stereocenters. The molecule has 2 heterocycles. The molecular formula is C12H12N2O2. The molecule has 0 atom stereocenters. The molecule has 82 valence electrons. The molecule has 0 aliphatic heterocycles. The van der Waals surface area contributed by atoms with E-state index in [1.807, 2.05) is 12.1 Å². The van der Waals surface area contributed by atoms with Gasteiger partial charge < -0.3 is 9.67 Å². The number of rotatable bonds is 2. The first kappa shape index (κ1) is 9.39. The van der Waals surface area contributed by atoms with E-state index in [-0.39, 0.29) is 5.69 Å². The predicted octanol–water partition coefficient (Wildman–Crippen LogP) is 2.15. The number of hydrogen-bond acceptors (Lipinski definition) is 2. The molecule has 0 spiro atoms. The van der Waals surface area contributed by atoms with Crippen LogP contribution in [0.2, 0.25) is 0 Å². The third-order valence-corrected chi connectivity index (χ3v) is 3.11. The predicted molar refractivity (Wildman–Crippen MR) is 59.6 cm³/mol. The number of nitrogens with zero attached hydrogens (tertiary/aromatic N) is 2. The lowest BCUT2D eigenvalue weighted by atomic mass is 10.2. The normalized spacial score (nSPS) is 15.6. The summed E-state index contributed by atoms with van der Waals surface area (Å²) in [5.41, 5.74) is 2.14. The Hall–Kier alpha value is -1.84. The highest BCUT2D eigenvalue weighted by atomic mass is 16.4. The zero-order chi connectivity index (χ0) is 11.3. The smallest absolute Gasteiger partial charge is 0.352 e. The Morgan fingerprint density at radius 2 is 2.25 bits per heavy atom. The lowest BCUT2D eigenvalue weighted by Crippen LogP contribution is -2.04. The van der Waals surface area contributed by atoms with Gasteiger partial charge in [0.05, 0.1) is 0 Å². The number of aromatic nitrogens is 2. The van der Waals surface area contributed by atoms with E-state index in [0.29, 0.717) is 5.92 Å². The molecule has 0 aromatic carbocycles. The quantitative estimate of drug-likeness (QED) is 0.836. The molecule has 0 radical (unpaired) electrons. The van der Waals surface area contributed by atoms with Crippen LogP contribution < -0.4 is 0 Å². The van der Waals surface area contributed by atoms with Crippen LogP contribution in [0.3, 0.4) is 0 Å². The lowest BCUT2D eigenvalue weighted by molar-refractivity contribution is 0.0687. The third-order valence-electron chi connectivity index (χ3n) is 3.11. The summed E-state index contributed by atoms with van der Waals surface area (Å²) < 4.78 is 1.64. The van der Waals surface area contributed by atoms with E-state index in [1.165, 1.54) is 12.8 Å². The van der Waals surface area contributed by atoms with E-state index < -0.39 is 5.97 Å². The van der Waals surface area contributed by atoms with E-state index in [1.54, 1.807) is 17.7 Å². The lowest BCUT2D eigenvalue weighted by Gasteiger charge is -2.00. The number of fused-ring (bicyclic) bond motifs is 1. The second-order valence-corrected chi connectivity index (χ2v) is 4.32. The number of carboxylic acid groups (broad SMARTS) is 1. The van der Waals surface area contributed by atoms with E-state index in [4.69, 9.17) is 5.11 Å². The topological polar surface area (TPSA) is 55.1 Å². The molecule has 1 fully saturated rings. The Kier molecular flexibility index (Phi) is 1.80. The number of aromatic carboxylic acids is 1. The van der Waals surface area contributed by atoms with Crippen molar-refractivity contribution in [3.05, 3.63) is 29.6 Å². The zero-order valence-corrected chi connectivity index (χ0v) is 8.97. The summed E-state index contributed by atoms with van der Waals surface area (Å²) in [5.74, 6) is -0.318. The molecule has 3 rings (SSSR count). The molecule has 0 bridgehead atoms. The molecule has 0 saturated heterocycles. The van der Waals surface area contributed by atoms with Gasteiger partial charge in [-0.05, 0) is 31.0 Å². The van der Waals surface area contributed by atoms with Crippen LogP contribution in [0, 0.1) is 0 Å². The maximum atomic E-state index is 11.0. The van der Waals surface area contributed by atoms with E-state index in [9.17, 15) is 4.79 Å². The van der Waals surface area contributed by atoms with E-state index in [0.717, 1.165) is 16.7 Å². The Balaban J connectivity index is 2.21. The highest BCUT2D eigenvalue weighted by molar-refractivity contribution is 5.93. The van der Waals surface area contributed by atoms with Crippen LogP contribution in [-0.2, 0) is 7.05 Å². The summed E-state index contributed by atoms with van der Waals surface area (Å²) in [6.07, 6.45) is 2.41. The van der Waals surface area contributed by atoms with Gasteiger partial charge in [-0.1, -0.05) is 0 Å². The number of pyridine rings is 1. The summed E-state index contributed by atoms with van der Waals surface area (Å²) in [6, 6.07) is 5.63. The average Bonchev–Trinajstić information content (AvgIpc) is 3.04. The Morgan fingerprint density at radius 3 is 2.88 bits per heavy atom. The Morgan fingerprint density at radius 1 is 1.50 bits per heavy atom. The van der Waals surface area contributed by atoms with Crippen LogP contribution in [-0.4, -0.2) is 20.6 Å². The molecule has 1 aliphatic carbocycles. The summed E-state index contributed by atoms with van der Waals surface area (Å²) in [7, 11) is 1.75. The molecule has 16 heavy (non-hydrogen) atoms.